The van der Waals surface area contributed by atoms with Crippen LogP contribution in [-0.2, 0) is 28.6 Å². The summed E-state index contributed by atoms with van der Waals surface area (Å²) in [5.41, 5.74) is 0. The Morgan fingerprint density at radius 2 is 0.698 bits per heavy atom. The van der Waals surface area contributed by atoms with E-state index in [4.69, 9.17) is 14.2 Å². The number of esters is 3. The Hall–Kier alpha value is -3.93. The van der Waals surface area contributed by atoms with Gasteiger partial charge in [-0.1, -0.05) is 207 Å². The average Bonchev–Trinajstić information content (AvgIpc) is 3.28. The van der Waals surface area contributed by atoms with Gasteiger partial charge in [-0.2, -0.15) is 0 Å². The Bertz CT molecular complexity index is 1330. The second kappa shape index (κ2) is 50.7. The van der Waals surface area contributed by atoms with Crippen LogP contribution in [0.4, 0.5) is 0 Å². The molecule has 0 radical (unpaired) electrons. The van der Waals surface area contributed by atoms with Crippen molar-refractivity contribution in [3.63, 3.8) is 0 Å². The summed E-state index contributed by atoms with van der Waals surface area (Å²) < 4.78 is 16.7. The fraction of sp³-hybridized carbons (Fsp3) is 0.632. The highest BCUT2D eigenvalue weighted by Crippen LogP contribution is 2.13. The van der Waals surface area contributed by atoms with Crippen molar-refractivity contribution < 1.29 is 28.6 Å². The van der Waals surface area contributed by atoms with Crippen LogP contribution in [0.3, 0.4) is 0 Å². The molecule has 1 atom stereocenters. The van der Waals surface area contributed by atoms with Crippen LogP contribution in [0, 0.1) is 0 Å². The predicted octanol–water partition coefficient (Wildman–Crippen LogP) is 16.8. The van der Waals surface area contributed by atoms with E-state index >= 15 is 0 Å². The van der Waals surface area contributed by atoms with Gasteiger partial charge in [0.05, 0.1) is 0 Å². The van der Waals surface area contributed by atoms with Crippen LogP contribution in [0.1, 0.15) is 213 Å². The molecular formula is C57H92O6. The molecule has 0 aliphatic rings. The molecule has 0 aromatic heterocycles. The van der Waals surface area contributed by atoms with E-state index in [0.29, 0.717) is 19.3 Å². The molecule has 0 saturated carbocycles. The third-order valence-electron chi connectivity index (χ3n) is 10.4. The molecule has 356 valence electrons. The highest BCUT2D eigenvalue weighted by atomic mass is 16.6. The van der Waals surface area contributed by atoms with Crippen molar-refractivity contribution in [3.8, 4) is 0 Å². The number of rotatable bonds is 44. The van der Waals surface area contributed by atoms with Crippen LogP contribution >= 0.6 is 0 Å². The summed E-state index contributed by atoms with van der Waals surface area (Å²) in [6, 6.07) is 0. The monoisotopic (exact) mass is 873 g/mol. The summed E-state index contributed by atoms with van der Waals surface area (Å²) in [6.07, 6.45) is 67.8. The van der Waals surface area contributed by atoms with Gasteiger partial charge in [0.1, 0.15) is 13.2 Å². The minimum absolute atomic E-state index is 0.109. The van der Waals surface area contributed by atoms with E-state index in [-0.39, 0.29) is 37.5 Å². The summed E-state index contributed by atoms with van der Waals surface area (Å²) in [6.45, 7) is 6.30. The first-order valence-corrected chi connectivity index (χ1v) is 25.5. The zero-order valence-electron chi connectivity index (χ0n) is 40.5. The van der Waals surface area contributed by atoms with E-state index in [9.17, 15) is 14.4 Å². The minimum atomic E-state index is -0.813. The molecule has 0 rings (SSSR count). The molecule has 0 heterocycles. The third-order valence-corrected chi connectivity index (χ3v) is 10.4. The predicted molar refractivity (Wildman–Crippen MR) is 270 cm³/mol. The van der Waals surface area contributed by atoms with Gasteiger partial charge in [0.2, 0.25) is 0 Å². The Morgan fingerprint density at radius 3 is 1.19 bits per heavy atom. The number of unbranched alkanes of at least 4 members (excludes halogenated alkanes) is 19. The quantitative estimate of drug-likeness (QED) is 0.0199. The lowest BCUT2D eigenvalue weighted by Crippen LogP contribution is -2.30. The van der Waals surface area contributed by atoms with Crippen LogP contribution in [0.5, 0.6) is 0 Å². The molecule has 0 aromatic carbocycles. The number of allylic oxidation sites excluding steroid dienone is 18. The zero-order chi connectivity index (χ0) is 45.8. The molecule has 0 fully saturated rings. The summed E-state index contributed by atoms with van der Waals surface area (Å²) in [5, 5.41) is 0. The van der Waals surface area contributed by atoms with Crippen LogP contribution in [0.15, 0.2) is 109 Å². The topological polar surface area (TPSA) is 78.9 Å². The number of hydrogen-bond donors (Lipinski definition) is 0. The molecule has 63 heavy (non-hydrogen) atoms. The Balaban J connectivity index is 4.52. The van der Waals surface area contributed by atoms with Gasteiger partial charge in [0.25, 0.3) is 0 Å². The van der Waals surface area contributed by atoms with Crippen LogP contribution in [0.25, 0.3) is 0 Å². The van der Waals surface area contributed by atoms with E-state index in [0.717, 1.165) is 109 Å². The van der Waals surface area contributed by atoms with E-state index in [1.54, 1.807) is 0 Å². The highest BCUT2D eigenvalue weighted by Gasteiger charge is 2.19. The number of carbonyl (C=O) groups excluding carboxylic acids is 3. The fourth-order valence-corrected chi connectivity index (χ4v) is 6.59. The standard InChI is InChI=1S/C57H92O6/c1-4-7-10-13-16-19-22-25-28-30-32-35-38-41-44-47-50-56(59)62-53-54(52-61-55(58)49-46-43-40-37-34-31-27-24-21-18-15-12-9-6-3)63-57(60)51-48-45-42-39-36-33-29-26-23-20-17-14-11-8-5-2/h7-8,10-11,14,16-17,19-20,23,25-26,28-29,31,33-34,36,54H,4-6,9,12-13,15,18,21-22,24,27,30,32,35,37-53H2,1-3H3/b10-7-,11-8-,17-14-,19-16-,23-20-,28-25-,29-26-,34-31-,36-33-. The van der Waals surface area contributed by atoms with E-state index in [1.807, 2.05) is 48.6 Å². The van der Waals surface area contributed by atoms with Gasteiger partial charge < -0.3 is 14.2 Å². The largest absolute Gasteiger partial charge is 0.462 e. The van der Waals surface area contributed by atoms with Crippen LogP contribution in [-0.4, -0.2) is 37.2 Å². The van der Waals surface area contributed by atoms with Gasteiger partial charge in [-0.25, -0.2) is 0 Å². The van der Waals surface area contributed by atoms with Gasteiger partial charge in [-0.3, -0.25) is 14.4 Å². The average molecular weight is 873 g/mol. The SMILES string of the molecule is CC\C=C/C=C\C=C/C=C\C=C/CCCCCC(=O)OC(COC(=O)CCCCC/C=C\CCCCCCCCC)COC(=O)CCCCCCCC/C=C\C/C=C\C/C=C\CC. The zero-order valence-corrected chi connectivity index (χ0v) is 40.5. The molecule has 0 amide bonds. The maximum atomic E-state index is 12.8. The van der Waals surface area contributed by atoms with Crippen molar-refractivity contribution in [3.05, 3.63) is 109 Å². The van der Waals surface area contributed by atoms with Crippen LogP contribution in [0.2, 0.25) is 0 Å². The molecule has 6 nitrogen and oxygen atoms in total. The van der Waals surface area contributed by atoms with Crippen molar-refractivity contribution in [1.82, 2.24) is 0 Å². The van der Waals surface area contributed by atoms with Crippen molar-refractivity contribution in [2.45, 2.75) is 219 Å². The molecular weight excluding hydrogens is 781 g/mol. The molecule has 0 bridgehead atoms. The Labute approximate surface area is 387 Å². The molecule has 1 unspecified atom stereocenters. The number of carbonyl (C=O) groups is 3. The van der Waals surface area contributed by atoms with Gasteiger partial charge in [-0.05, 0) is 96.3 Å². The van der Waals surface area contributed by atoms with Gasteiger partial charge in [-0.15, -0.1) is 0 Å². The lowest BCUT2D eigenvalue weighted by molar-refractivity contribution is -0.167. The van der Waals surface area contributed by atoms with E-state index in [2.05, 4.69) is 81.5 Å². The summed E-state index contributed by atoms with van der Waals surface area (Å²) in [4.78, 5) is 38.0. The minimum Gasteiger partial charge on any atom is -0.462 e. The van der Waals surface area contributed by atoms with E-state index in [1.165, 1.54) is 57.8 Å². The number of ether oxygens (including phenoxy) is 3. The molecule has 0 N–H and O–H groups in total. The normalized spacial score (nSPS) is 13.0. The molecule has 0 saturated heterocycles. The molecule has 0 aliphatic carbocycles. The summed E-state index contributed by atoms with van der Waals surface area (Å²) in [5.74, 6) is -0.985. The fourth-order valence-electron chi connectivity index (χ4n) is 6.59. The second-order valence-electron chi connectivity index (χ2n) is 16.4. The molecule has 6 heteroatoms. The van der Waals surface area contributed by atoms with Crippen LogP contribution < -0.4 is 0 Å². The van der Waals surface area contributed by atoms with Crippen molar-refractivity contribution in [1.29, 1.82) is 0 Å². The van der Waals surface area contributed by atoms with Gasteiger partial charge >= 0.3 is 17.9 Å². The third kappa shape index (κ3) is 49.0. The maximum Gasteiger partial charge on any atom is 0.306 e. The Kier molecular flexibility index (Phi) is 47.5. The lowest BCUT2D eigenvalue weighted by atomic mass is 10.1. The Morgan fingerprint density at radius 1 is 0.349 bits per heavy atom. The van der Waals surface area contributed by atoms with Crippen molar-refractivity contribution >= 4 is 17.9 Å². The first-order valence-electron chi connectivity index (χ1n) is 25.5. The highest BCUT2D eigenvalue weighted by molar-refractivity contribution is 5.71. The lowest BCUT2D eigenvalue weighted by Gasteiger charge is -2.18. The maximum absolute atomic E-state index is 12.8. The molecule has 0 spiro atoms. The first-order chi connectivity index (χ1) is 31.0. The van der Waals surface area contributed by atoms with Crippen molar-refractivity contribution in [2.24, 2.45) is 0 Å². The van der Waals surface area contributed by atoms with Crippen molar-refractivity contribution in [2.75, 3.05) is 13.2 Å². The van der Waals surface area contributed by atoms with Gasteiger partial charge in [0.15, 0.2) is 6.10 Å². The first kappa shape index (κ1) is 59.1. The van der Waals surface area contributed by atoms with Gasteiger partial charge in [0, 0.05) is 19.3 Å². The number of hydrogen-bond acceptors (Lipinski definition) is 6. The molecule has 0 aliphatic heterocycles. The molecule has 0 aromatic rings. The van der Waals surface area contributed by atoms with E-state index < -0.39 is 6.10 Å². The second-order valence-corrected chi connectivity index (χ2v) is 16.4. The summed E-state index contributed by atoms with van der Waals surface area (Å²) >= 11 is 0. The smallest absolute Gasteiger partial charge is 0.306 e. The summed E-state index contributed by atoms with van der Waals surface area (Å²) in [7, 11) is 0.